The Morgan fingerprint density at radius 1 is 1.03 bits per heavy atom. The molecule has 0 bridgehead atoms. The van der Waals surface area contributed by atoms with Crippen molar-refractivity contribution in [2.45, 2.75) is 31.8 Å². The third-order valence-electron chi connectivity index (χ3n) is 6.22. The molecule has 3 aromatic rings. The van der Waals surface area contributed by atoms with Gasteiger partial charge in [0.1, 0.15) is 11.4 Å². The van der Waals surface area contributed by atoms with Gasteiger partial charge in [-0.25, -0.2) is 4.98 Å². The monoisotopic (exact) mass is 513 g/mol. The molecule has 0 aliphatic carbocycles. The second-order valence-electron chi connectivity index (χ2n) is 8.45. The van der Waals surface area contributed by atoms with Crippen LogP contribution in [-0.4, -0.2) is 29.4 Å². The van der Waals surface area contributed by atoms with Gasteiger partial charge in [-0.2, -0.15) is 0 Å². The molecule has 35 heavy (non-hydrogen) atoms. The van der Waals surface area contributed by atoms with E-state index in [-0.39, 0.29) is 25.3 Å². The number of hydrogen-bond donors (Lipinski definition) is 4. The fourth-order valence-electron chi connectivity index (χ4n) is 4.18. The molecule has 3 rings (SSSR count). The average molecular weight is 514 g/mol. The highest BCUT2D eigenvalue weighted by Crippen LogP contribution is 2.30. The second-order valence-corrected chi connectivity index (χ2v) is 9.27. The van der Waals surface area contributed by atoms with Gasteiger partial charge in [-0.3, -0.25) is 9.59 Å². The van der Waals surface area contributed by atoms with Crippen molar-refractivity contribution in [1.29, 1.82) is 0 Å². The molecule has 9 heteroatoms. The lowest BCUT2D eigenvalue weighted by molar-refractivity contribution is -0.136. The minimum atomic E-state index is -1.37. The maximum atomic E-state index is 13.7. The van der Waals surface area contributed by atoms with Crippen molar-refractivity contribution < 1.29 is 9.59 Å². The van der Waals surface area contributed by atoms with Gasteiger partial charge in [-0.05, 0) is 55.3 Å². The number of halogens is 2. The molecule has 0 aliphatic heterocycles. The molecule has 2 amide bonds. The number of nitrogens with zero attached hydrogens (tertiary/aromatic N) is 1. The van der Waals surface area contributed by atoms with E-state index < -0.39 is 17.4 Å². The standard InChI is InChI=1S/C26H29Cl2N5O2/c1-16-19(9-11-23(29)33-16)15-32-24(34)20(12-18-8-10-21(27)22(28)13-18)26(31-2,25(30)35)14-17-6-4-3-5-7-17/h3-11,13,20,31H,12,14-15H2,1-2H3,(H2,29,33)(H2,30,35)(H,32,34)/t20-,26?/m0/s1. The fourth-order valence-corrected chi connectivity index (χ4v) is 4.50. The number of anilines is 1. The smallest absolute Gasteiger partial charge is 0.238 e. The first kappa shape index (κ1) is 26.5. The molecule has 1 unspecified atom stereocenters. The van der Waals surface area contributed by atoms with Gasteiger partial charge in [0.2, 0.25) is 11.8 Å². The first-order valence-electron chi connectivity index (χ1n) is 11.1. The third kappa shape index (κ3) is 6.31. The van der Waals surface area contributed by atoms with Crippen LogP contribution in [0.25, 0.3) is 0 Å². The van der Waals surface area contributed by atoms with Gasteiger partial charge in [0.15, 0.2) is 0 Å². The third-order valence-corrected chi connectivity index (χ3v) is 6.96. The summed E-state index contributed by atoms with van der Waals surface area (Å²) < 4.78 is 0. The van der Waals surface area contributed by atoms with Gasteiger partial charge >= 0.3 is 0 Å². The zero-order valence-corrected chi connectivity index (χ0v) is 21.2. The summed E-state index contributed by atoms with van der Waals surface area (Å²) in [6.45, 7) is 2.04. The zero-order valence-electron chi connectivity index (χ0n) is 19.6. The van der Waals surface area contributed by atoms with E-state index in [0.717, 1.165) is 16.7 Å². The van der Waals surface area contributed by atoms with Crippen molar-refractivity contribution in [1.82, 2.24) is 15.6 Å². The number of hydrogen-bond acceptors (Lipinski definition) is 5. The Kier molecular flexibility index (Phi) is 8.72. The normalized spacial score (nSPS) is 13.6. The lowest BCUT2D eigenvalue weighted by Crippen LogP contribution is -2.64. The lowest BCUT2D eigenvalue weighted by Gasteiger charge is -2.37. The number of nitrogens with one attached hydrogen (secondary N) is 2. The number of pyridine rings is 1. The lowest BCUT2D eigenvalue weighted by atomic mass is 9.74. The van der Waals surface area contributed by atoms with Crippen LogP contribution < -0.4 is 22.1 Å². The Balaban J connectivity index is 1.99. The predicted octanol–water partition coefficient (Wildman–Crippen LogP) is 3.44. The molecular formula is C26H29Cl2N5O2. The SMILES string of the molecule is CNC(Cc1ccccc1)(C(N)=O)[C@@H](Cc1ccc(Cl)c(Cl)c1)C(=O)NCc1ccc(N)nc1C. The molecule has 2 atom stereocenters. The number of rotatable bonds is 10. The number of primary amides is 1. The highest BCUT2D eigenvalue weighted by molar-refractivity contribution is 6.42. The van der Waals surface area contributed by atoms with E-state index >= 15 is 0 Å². The number of carbonyl (C=O) groups excluding carboxylic acids is 2. The molecular weight excluding hydrogens is 485 g/mol. The summed E-state index contributed by atoms with van der Waals surface area (Å²) in [5, 5.41) is 6.81. The Labute approximate surface area is 215 Å². The highest BCUT2D eigenvalue weighted by atomic mass is 35.5. The number of nitrogen functional groups attached to an aromatic ring is 1. The minimum Gasteiger partial charge on any atom is -0.384 e. The van der Waals surface area contributed by atoms with Gasteiger partial charge in [0, 0.05) is 18.7 Å². The van der Waals surface area contributed by atoms with E-state index in [1.165, 1.54) is 0 Å². The minimum absolute atomic E-state index is 0.207. The molecule has 0 aliphatic rings. The molecule has 0 radical (unpaired) electrons. The summed E-state index contributed by atoms with van der Waals surface area (Å²) >= 11 is 12.3. The van der Waals surface area contributed by atoms with Gasteiger partial charge in [-0.15, -0.1) is 0 Å². The van der Waals surface area contributed by atoms with E-state index in [0.29, 0.717) is 21.6 Å². The number of likely N-dealkylation sites (N-methyl/N-ethyl adjacent to an activating group) is 1. The Morgan fingerprint density at radius 2 is 1.74 bits per heavy atom. The molecule has 1 aromatic heterocycles. The maximum Gasteiger partial charge on any atom is 0.238 e. The Bertz CT molecular complexity index is 1210. The number of aromatic nitrogens is 1. The van der Waals surface area contributed by atoms with Crippen molar-refractivity contribution in [2.75, 3.05) is 12.8 Å². The zero-order chi connectivity index (χ0) is 25.6. The summed E-state index contributed by atoms with van der Waals surface area (Å²) in [6, 6.07) is 18.1. The maximum absolute atomic E-state index is 13.7. The van der Waals surface area contributed by atoms with Crippen LogP contribution >= 0.6 is 23.2 Å². The van der Waals surface area contributed by atoms with E-state index in [1.54, 1.807) is 31.3 Å². The molecule has 184 valence electrons. The van der Waals surface area contributed by atoms with Gasteiger partial charge < -0.3 is 22.1 Å². The Morgan fingerprint density at radius 3 is 2.34 bits per heavy atom. The summed E-state index contributed by atoms with van der Waals surface area (Å²) in [6.07, 6.45) is 0.430. The number of carbonyl (C=O) groups is 2. The molecule has 0 saturated heterocycles. The van der Waals surface area contributed by atoms with Crippen molar-refractivity contribution >= 4 is 40.8 Å². The van der Waals surface area contributed by atoms with Crippen molar-refractivity contribution in [2.24, 2.45) is 11.7 Å². The molecule has 0 saturated carbocycles. The van der Waals surface area contributed by atoms with Crippen LogP contribution in [0.5, 0.6) is 0 Å². The average Bonchev–Trinajstić information content (AvgIpc) is 2.83. The van der Waals surface area contributed by atoms with Crippen LogP contribution in [-0.2, 0) is 29.0 Å². The van der Waals surface area contributed by atoms with Crippen LogP contribution in [0.15, 0.2) is 60.7 Å². The van der Waals surface area contributed by atoms with E-state index in [9.17, 15) is 9.59 Å². The molecule has 2 aromatic carbocycles. The number of benzene rings is 2. The predicted molar refractivity (Wildman–Crippen MR) is 140 cm³/mol. The first-order chi connectivity index (χ1) is 16.7. The molecule has 0 fully saturated rings. The van der Waals surface area contributed by atoms with Crippen molar-refractivity contribution in [3.63, 3.8) is 0 Å². The molecule has 6 N–H and O–H groups in total. The van der Waals surface area contributed by atoms with Crippen LogP contribution in [0.2, 0.25) is 10.0 Å². The molecule has 1 heterocycles. The number of nitrogens with two attached hydrogens (primary N) is 2. The topological polar surface area (TPSA) is 123 Å². The quantitative estimate of drug-likeness (QED) is 0.330. The largest absolute Gasteiger partial charge is 0.384 e. The molecule has 0 spiro atoms. The summed E-state index contributed by atoms with van der Waals surface area (Å²) in [5.74, 6) is -1.42. The summed E-state index contributed by atoms with van der Waals surface area (Å²) in [5.41, 5.74) is 13.5. The van der Waals surface area contributed by atoms with Crippen LogP contribution in [0.1, 0.15) is 22.4 Å². The highest BCUT2D eigenvalue weighted by Gasteiger charge is 2.47. The molecule has 7 nitrogen and oxygen atoms in total. The van der Waals surface area contributed by atoms with Gasteiger partial charge in [-0.1, -0.05) is 65.7 Å². The van der Waals surface area contributed by atoms with Gasteiger partial charge in [0.05, 0.1) is 16.0 Å². The van der Waals surface area contributed by atoms with Crippen LogP contribution in [0, 0.1) is 12.8 Å². The van der Waals surface area contributed by atoms with Gasteiger partial charge in [0.25, 0.3) is 0 Å². The Hall–Kier alpha value is -3.13. The van der Waals surface area contributed by atoms with Crippen LogP contribution in [0.3, 0.4) is 0 Å². The van der Waals surface area contributed by atoms with Crippen molar-refractivity contribution in [3.8, 4) is 0 Å². The summed E-state index contributed by atoms with van der Waals surface area (Å²) in [4.78, 5) is 30.9. The van der Waals surface area contributed by atoms with Crippen molar-refractivity contribution in [3.05, 3.63) is 93.1 Å². The van der Waals surface area contributed by atoms with E-state index in [4.69, 9.17) is 34.7 Å². The summed E-state index contributed by atoms with van der Waals surface area (Å²) in [7, 11) is 1.64. The number of amides is 2. The van der Waals surface area contributed by atoms with Crippen LogP contribution in [0.4, 0.5) is 5.82 Å². The fraction of sp³-hybridized carbons (Fsp3) is 0.269. The first-order valence-corrected chi connectivity index (χ1v) is 11.9. The van der Waals surface area contributed by atoms with E-state index in [2.05, 4.69) is 15.6 Å². The van der Waals surface area contributed by atoms with E-state index in [1.807, 2.05) is 43.3 Å². The number of aryl methyl sites for hydroxylation is 1. The second kappa shape index (κ2) is 11.5.